The van der Waals surface area contributed by atoms with Crippen molar-refractivity contribution >= 4 is 5.97 Å². The summed E-state index contributed by atoms with van der Waals surface area (Å²) >= 11 is 0. The maximum absolute atomic E-state index is 12.2. The predicted octanol–water partition coefficient (Wildman–Crippen LogP) is 14.4. The molecule has 0 aliphatic heterocycles. The van der Waals surface area contributed by atoms with E-state index in [1.807, 2.05) is 0 Å². The fourth-order valence-electron chi connectivity index (χ4n) is 6.01. The van der Waals surface area contributed by atoms with Crippen LogP contribution in [0.2, 0.25) is 0 Å². The first kappa shape index (κ1) is 49.1. The van der Waals surface area contributed by atoms with Gasteiger partial charge in [0.05, 0.1) is 13.2 Å². The number of rotatable bonds is 40. The van der Waals surface area contributed by atoms with E-state index < -0.39 is 6.10 Å². The molecule has 1 N–H and O–H groups in total. The second-order valence-corrected chi connectivity index (χ2v) is 14.4. The van der Waals surface area contributed by atoms with E-state index in [0.717, 1.165) is 38.5 Å². The molecule has 4 nitrogen and oxygen atoms in total. The Balaban J connectivity index is 3.47. The zero-order valence-electron chi connectivity index (χ0n) is 33.9. The summed E-state index contributed by atoms with van der Waals surface area (Å²) in [4.78, 5) is 12.2. The molecule has 1 atom stereocenters. The van der Waals surface area contributed by atoms with Crippen LogP contribution in [0, 0.1) is 0 Å². The molecule has 296 valence electrons. The van der Waals surface area contributed by atoms with Crippen LogP contribution in [-0.2, 0) is 14.3 Å². The number of carbonyl (C=O) groups is 1. The highest BCUT2D eigenvalue weighted by molar-refractivity contribution is 5.69. The number of hydrogen-bond donors (Lipinski definition) is 1. The lowest BCUT2D eigenvalue weighted by atomic mass is 10.1. The second kappa shape index (κ2) is 44.3. The zero-order valence-corrected chi connectivity index (χ0v) is 33.9. The molecule has 0 amide bonds. The third-order valence-corrected chi connectivity index (χ3v) is 9.32. The molecule has 0 bridgehead atoms. The van der Waals surface area contributed by atoms with Gasteiger partial charge in [-0.3, -0.25) is 4.79 Å². The first-order valence-corrected chi connectivity index (χ1v) is 21.9. The number of esters is 1. The molecule has 0 spiro atoms. The Kier molecular flexibility index (Phi) is 42.6. The van der Waals surface area contributed by atoms with Crippen LogP contribution in [0.4, 0.5) is 0 Å². The molecule has 0 fully saturated rings. The van der Waals surface area contributed by atoms with Crippen LogP contribution in [-0.4, -0.2) is 37.0 Å². The summed E-state index contributed by atoms with van der Waals surface area (Å²) in [6.45, 7) is 5.27. The fourth-order valence-corrected chi connectivity index (χ4v) is 6.01. The van der Waals surface area contributed by atoms with Gasteiger partial charge in [-0.25, -0.2) is 0 Å². The van der Waals surface area contributed by atoms with E-state index in [1.54, 1.807) is 0 Å². The molecule has 1 unspecified atom stereocenters. The minimum Gasteiger partial charge on any atom is -0.457 e. The number of unbranched alkanes of at least 4 members (excludes halogenated alkanes) is 22. The smallest absolute Gasteiger partial charge is 0.306 e. The first-order valence-electron chi connectivity index (χ1n) is 21.9. The van der Waals surface area contributed by atoms with Crippen LogP contribution >= 0.6 is 0 Å². The third kappa shape index (κ3) is 42.4. The van der Waals surface area contributed by atoms with E-state index in [-0.39, 0.29) is 19.2 Å². The van der Waals surface area contributed by atoms with Gasteiger partial charge in [-0.2, -0.15) is 0 Å². The number of aliphatic hydroxyl groups is 1. The number of hydrogen-bond acceptors (Lipinski definition) is 4. The Hall–Kier alpha value is -1.91. The lowest BCUT2D eigenvalue weighted by Crippen LogP contribution is -2.27. The Morgan fingerprint density at radius 1 is 0.471 bits per heavy atom. The number of carbonyl (C=O) groups excluding carboxylic acids is 1. The van der Waals surface area contributed by atoms with Gasteiger partial charge in [0.25, 0.3) is 0 Å². The van der Waals surface area contributed by atoms with Crippen LogP contribution in [0.15, 0.2) is 60.8 Å². The van der Waals surface area contributed by atoms with Crippen molar-refractivity contribution in [3.63, 3.8) is 0 Å². The van der Waals surface area contributed by atoms with Crippen LogP contribution in [0.1, 0.15) is 206 Å². The van der Waals surface area contributed by atoms with Gasteiger partial charge in [0.2, 0.25) is 0 Å². The third-order valence-electron chi connectivity index (χ3n) is 9.32. The lowest BCUT2D eigenvalue weighted by molar-refractivity contribution is -0.154. The van der Waals surface area contributed by atoms with Crippen molar-refractivity contribution in [3.8, 4) is 0 Å². The molecule has 4 heteroatoms. The van der Waals surface area contributed by atoms with Crippen molar-refractivity contribution in [2.24, 2.45) is 0 Å². The molecular formula is C47H84O4. The van der Waals surface area contributed by atoms with E-state index in [4.69, 9.17) is 9.47 Å². The number of ether oxygens (including phenoxy) is 2. The summed E-state index contributed by atoms with van der Waals surface area (Å²) in [5.74, 6) is -0.210. The van der Waals surface area contributed by atoms with Gasteiger partial charge < -0.3 is 14.6 Å². The minimum atomic E-state index is -0.544. The number of aliphatic hydroxyl groups excluding tert-OH is 1. The van der Waals surface area contributed by atoms with E-state index in [1.165, 1.54) is 148 Å². The van der Waals surface area contributed by atoms with Gasteiger partial charge in [-0.1, -0.05) is 177 Å². The summed E-state index contributed by atoms with van der Waals surface area (Å²) in [5, 5.41) is 9.61. The zero-order chi connectivity index (χ0) is 37.0. The van der Waals surface area contributed by atoms with E-state index in [2.05, 4.69) is 74.6 Å². The fraction of sp³-hybridized carbons (Fsp3) is 0.766. The number of allylic oxidation sites excluding steroid dienone is 10. The Morgan fingerprint density at radius 3 is 1.24 bits per heavy atom. The molecule has 0 radical (unpaired) electrons. The monoisotopic (exact) mass is 713 g/mol. The molecule has 0 heterocycles. The average molecular weight is 713 g/mol. The van der Waals surface area contributed by atoms with Crippen LogP contribution in [0.3, 0.4) is 0 Å². The predicted molar refractivity (Wildman–Crippen MR) is 223 cm³/mol. The van der Waals surface area contributed by atoms with E-state index >= 15 is 0 Å². The molecule has 0 rings (SSSR count). The van der Waals surface area contributed by atoms with Crippen molar-refractivity contribution in [3.05, 3.63) is 60.8 Å². The van der Waals surface area contributed by atoms with Crippen molar-refractivity contribution in [1.82, 2.24) is 0 Å². The maximum atomic E-state index is 12.2. The van der Waals surface area contributed by atoms with Crippen molar-refractivity contribution in [1.29, 1.82) is 0 Å². The Labute approximate surface area is 317 Å². The highest BCUT2D eigenvalue weighted by Crippen LogP contribution is 2.13. The molecule has 51 heavy (non-hydrogen) atoms. The lowest BCUT2D eigenvalue weighted by Gasteiger charge is -2.16. The Morgan fingerprint density at radius 2 is 0.824 bits per heavy atom. The SMILES string of the molecule is CCCCC/C=C\C/C=C\C/C=C\CCCCCCCCCOCC(CO)OC(=O)CCCCCCCCCCC/C=C\C/C=C\CCCCC. The van der Waals surface area contributed by atoms with Crippen LogP contribution < -0.4 is 0 Å². The summed E-state index contributed by atoms with van der Waals surface area (Å²) in [6, 6.07) is 0. The summed E-state index contributed by atoms with van der Waals surface area (Å²) in [6.07, 6.45) is 58.5. The molecule has 0 saturated carbocycles. The molecular weight excluding hydrogens is 629 g/mol. The highest BCUT2D eigenvalue weighted by Gasteiger charge is 2.13. The summed E-state index contributed by atoms with van der Waals surface area (Å²) < 4.78 is 11.2. The molecule has 0 aromatic heterocycles. The first-order chi connectivity index (χ1) is 25.2. The molecule has 0 aliphatic carbocycles. The Bertz CT molecular complexity index is 839. The topological polar surface area (TPSA) is 55.8 Å². The molecule has 0 aromatic carbocycles. The second-order valence-electron chi connectivity index (χ2n) is 14.4. The van der Waals surface area contributed by atoms with E-state index in [9.17, 15) is 9.90 Å². The van der Waals surface area contributed by atoms with E-state index in [0.29, 0.717) is 13.0 Å². The maximum Gasteiger partial charge on any atom is 0.306 e. The average Bonchev–Trinajstić information content (AvgIpc) is 3.14. The standard InChI is InChI=1S/C47H84O4/c1-3-5-7-9-11-13-15-17-19-21-23-25-27-29-31-33-35-37-39-41-43-50-45-46(44-48)51-47(49)42-40-38-36-34-32-30-28-26-24-22-20-18-16-14-12-10-8-6-4-2/h11-14,17-20,23,25,46,48H,3-10,15-16,21-22,24,26-45H2,1-2H3/b13-11-,14-12-,19-17-,20-18-,25-23-. The summed E-state index contributed by atoms with van der Waals surface area (Å²) in [7, 11) is 0. The minimum absolute atomic E-state index is 0.179. The largest absolute Gasteiger partial charge is 0.457 e. The molecule has 0 aromatic rings. The van der Waals surface area contributed by atoms with Gasteiger partial charge in [0.15, 0.2) is 0 Å². The van der Waals surface area contributed by atoms with Crippen LogP contribution in [0.5, 0.6) is 0 Å². The van der Waals surface area contributed by atoms with Crippen molar-refractivity contribution in [2.45, 2.75) is 213 Å². The quantitative estimate of drug-likeness (QED) is 0.0390. The van der Waals surface area contributed by atoms with Gasteiger partial charge >= 0.3 is 5.97 Å². The normalized spacial score (nSPS) is 12.9. The highest BCUT2D eigenvalue weighted by atomic mass is 16.6. The molecule has 0 saturated heterocycles. The van der Waals surface area contributed by atoms with Crippen molar-refractivity contribution in [2.75, 3.05) is 19.8 Å². The van der Waals surface area contributed by atoms with Gasteiger partial charge in [-0.05, 0) is 83.5 Å². The van der Waals surface area contributed by atoms with Crippen molar-refractivity contribution < 1.29 is 19.4 Å². The summed E-state index contributed by atoms with van der Waals surface area (Å²) in [5.41, 5.74) is 0. The van der Waals surface area contributed by atoms with Gasteiger partial charge in [0, 0.05) is 13.0 Å². The van der Waals surface area contributed by atoms with Gasteiger partial charge in [0.1, 0.15) is 6.10 Å². The van der Waals surface area contributed by atoms with Gasteiger partial charge in [-0.15, -0.1) is 0 Å². The van der Waals surface area contributed by atoms with Crippen LogP contribution in [0.25, 0.3) is 0 Å². The molecule has 0 aliphatic rings.